The SMILES string of the molecule is CCOC(=O)C1=C(C)Nc2sc(C(=O)c3cc(OC)c(OC)c(OC)c3)c(N)c2C1c1cccs1. The highest BCUT2D eigenvalue weighted by Crippen LogP contribution is 2.51. The molecule has 0 radical (unpaired) electrons. The number of nitrogens with two attached hydrogens (primary N) is 1. The van der Waals surface area contributed by atoms with E-state index >= 15 is 0 Å². The lowest BCUT2D eigenvalue weighted by Crippen LogP contribution is -2.23. The van der Waals surface area contributed by atoms with Crippen LogP contribution in [0, 0.1) is 0 Å². The molecule has 8 nitrogen and oxygen atoms in total. The minimum atomic E-state index is -0.442. The van der Waals surface area contributed by atoms with Gasteiger partial charge in [0.25, 0.3) is 0 Å². The van der Waals surface area contributed by atoms with E-state index in [1.54, 1.807) is 19.1 Å². The van der Waals surface area contributed by atoms with E-state index in [0.717, 1.165) is 9.88 Å². The lowest BCUT2D eigenvalue weighted by atomic mass is 9.85. The van der Waals surface area contributed by atoms with Crippen LogP contribution in [0.1, 0.15) is 45.4 Å². The van der Waals surface area contributed by atoms with E-state index in [1.165, 1.54) is 44.0 Å². The Labute approximate surface area is 211 Å². The maximum atomic E-state index is 13.7. The fraction of sp³-hybridized carbons (Fsp3) is 0.280. The summed E-state index contributed by atoms with van der Waals surface area (Å²) in [5.74, 6) is -0.0159. The van der Waals surface area contributed by atoms with Crippen LogP contribution in [0.3, 0.4) is 0 Å². The van der Waals surface area contributed by atoms with Crippen molar-refractivity contribution in [3.05, 3.63) is 61.8 Å². The average molecular weight is 515 g/mol. The first-order valence-electron chi connectivity index (χ1n) is 10.8. The first-order chi connectivity index (χ1) is 16.9. The molecule has 1 unspecified atom stereocenters. The standard InChI is InChI=1S/C25H26N2O6S2/c1-6-33-25(29)17-12(2)27-24-19(18(17)16-8-7-9-34-16)20(26)23(35-24)21(28)13-10-14(30-3)22(32-5)15(11-13)31-4/h7-11,18,27H,6,26H2,1-5H3. The molecule has 0 aliphatic carbocycles. The largest absolute Gasteiger partial charge is 0.493 e. The summed E-state index contributed by atoms with van der Waals surface area (Å²) in [6, 6.07) is 7.07. The number of hydrogen-bond acceptors (Lipinski definition) is 10. The molecule has 184 valence electrons. The molecule has 0 amide bonds. The Morgan fingerprint density at radius 3 is 2.34 bits per heavy atom. The summed E-state index contributed by atoms with van der Waals surface area (Å²) >= 11 is 2.77. The quantitative estimate of drug-likeness (QED) is 0.318. The van der Waals surface area contributed by atoms with Crippen molar-refractivity contribution in [1.82, 2.24) is 0 Å². The van der Waals surface area contributed by atoms with Crippen LogP contribution in [0.4, 0.5) is 10.7 Å². The van der Waals surface area contributed by atoms with Gasteiger partial charge in [-0.15, -0.1) is 22.7 Å². The van der Waals surface area contributed by atoms with E-state index in [4.69, 9.17) is 24.7 Å². The molecule has 1 aliphatic rings. The number of allylic oxidation sites excluding steroid dienone is 1. The lowest BCUT2D eigenvalue weighted by Gasteiger charge is -2.27. The van der Waals surface area contributed by atoms with Crippen LogP contribution in [0.2, 0.25) is 0 Å². The van der Waals surface area contributed by atoms with E-state index in [0.29, 0.717) is 50.2 Å². The number of esters is 1. The molecule has 0 fully saturated rings. The molecule has 3 N–H and O–H groups in total. The van der Waals surface area contributed by atoms with Crippen molar-refractivity contribution in [3.63, 3.8) is 0 Å². The summed E-state index contributed by atoms with van der Waals surface area (Å²) < 4.78 is 21.5. The molecule has 1 aliphatic heterocycles. The zero-order valence-corrected chi connectivity index (χ0v) is 21.6. The number of carbonyl (C=O) groups is 2. The molecule has 3 aromatic rings. The number of methoxy groups -OCH3 is 3. The third kappa shape index (κ3) is 4.23. The molecule has 1 atom stereocenters. The molecule has 35 heavy (non-hydrogen) atoms. The third-order valence-corrected chi connectivity index (χ3v) is 7.79. The normalized spacial score (nSPS) is 14.7. The number of fused-ring (bicyclic) bond motifs is 1. The number of rotatable bonds is 8. The van der Waals surface area contributed by atoms with Crippen LogP contribution in [0.5, 0.6) is 17.2 Å². The van der Waals surface area contributed by atoms with Crippen LogP contribution < -0.4 is 25.3 Å². The monoisotopic (exact) mass is 514 g/mol. The van der Waals surface area contributed by atoms with E-state index < -0.39 is 11.9 Å². The number of hydrogen-bond donors (Lipinski definition) is 2. The Balaban J connectivity index is 1.85. The van der Waals surface area contributed by atoms with Crippen molar-refractivity contribution in [2.45, 2.75) is 19.8 Å². The minimum absolute atomic E-state index is 0.254. The van der Waals surface area contributed by atoms with Gasteiger partial charge >= 0.3 is 5.97 Å². The van der Waals surface area contributed by atoms with Crippen molar-refractivity contribution < 1.29 is 28.5 Å². The van der Waals surface area contributed by atoms with Gasteiger partial charge in [-0.1, -0.05) is 6.07 Å². The smallest absolute Gasteiger partial charge is 0.336 e. The predicted octanol–water partition coefficient (Wildman–Crippen LogP) is 5.04. The molecule has 10 heteroatoms. The predicted molar refractivity (Wildman–Crippen MR) is 137 cm³/mol. The average Bonchev–Trinajstić information content (AvgIpc) is 3.50. The Hall–Kier alpha value is -3.50. The Morgan fingerprint density at radius 2 is 1.80 bits per heavy atom. The Kier molecular flexibility index (Phi) is 7.04. The highest BCUT2D eigenvalue weighted by atomic mass is 32.1. The van der Waals surface area contributed by atoms with Crippen LogP contribution in [-0.4, -0.2) is 39.7 Å². The maximum Gasteiger partial charge on any atom is 0.336 e. The fourth-order valence-corrected chi connectivity index (χ4v) is 6.19. The zero-order valence-electron chi connectivity index (χ0n) is 20.0. The van der Waals surface area contributed by atoms with Crippen molar-refractivity contribution in [1.29, 1.82) is 0 Å². The molecule has 1 aromatic carbocycles. The molecule has 4 rings (SSSR count). The number of thiophene rings is 2. The number of anilines is 2. The van der Waals surface area contributed by atoms with E-state index in [-0.39, 0.29) is 12.4 Å². The molecule has 0 spiro atoms. The number of benzene rings is 1. The van der Waals surface area contributed by atoms with Gasteiger partial charge in [0.2, 0.25) is 11.5 Å². The van der Waals surface area contributed by atoms with Gasteiger partial charge in [0.1, 0.15) is 4.88 Å². The molecular weight excluding hydrogens is 488 g/mol. The van der Waals surface area contributed by atoms with Gasteiger partial charge < -0.3 is 30.0 Å². The van der Waals surface area contributed by atoms with E-state index in [1.807, 2.05) is 24.4 Å². The highest BCUT2D eigenvalue weighted by Gasteiger charge is 2.38. The van der Waals surface area contributed by atoms with Gasteiger partial charge in [0.05, 0.1) is 50.1 Å². The summed E-state index contributed by atoms with van der Waals surface area (Å²) in [5, 5.41) is 5.94. The van der Waals surface area contributed by atoms with Gasteiger partial charge in [-0.2, -0.15) is 0 Å². The Bertz CT molecular complexity index is 1280. The molecule has 0 bridgehead atoms. The first-order valence-corrected chi connectivity index (χ1v) is 12.5. The summed E-state index contributed by atoms with van der Waals surface area (Å²) in [7, 11) is 4.48. The van der Waals surface area contributed by atoms with Gasteiger partial charge in [-0.25, -0.2) is 4.79 Å². The van der Waals surface area contributed by atoms with E-state index in [2.05, 4.69) is 5.32 Å². The number of ether oxygens (including phenoxy) is 4. The highest BCUT2D eigenvalue weighted by molar-refractivity contribution is 7.19. The van der Waals surface area contributed by atoms with Crippen LogP contribution >= 0.6 is 22.7 Å². The van der Waals surface area contributed by atoms with Gasteiger partial charge in [-0.05, 0) is 37.4 Å². The van der Waals surface area contributed by atoms with Gasteiger partial charge in [0, 0.05) is 21.7 Å². The first kappa shape index (κ1) is 24.6. The van der Waals surface area contributed by atoms with Crippen molar-refractivity contribution >= 4 is 45.1 Å². The second kappa shape index (κ2) is 10.0. The number of carbonyl (C=O) groups excluding carboxylic acids is 2. The lowest BCUT2D eigenvalue weighted by molar-refractivity contribution is -0.138. The molecule has 2 aromatic heterocycles. The summed E-state index contributed by atoms with van der Waals surface area (Å²) in [6.45, 7) is 3.85. The number of nitrogens with one attached hydrogen (secondary N) is 1. The summed E-state index contributed by atoms with van der Waals surface area (Å²) in [6.07, 6.45) is 0. The third-order valence-electron chi connectivity index (χ3n) is 5.72. The topological polar surface area (TPSA) is 109 Å². The zero-order chi connectivity index (χ0) is 25.3. The maximum absolute atomic E-state index is 13.7. The van der Waals surface area contributed by atoms with Crippen molar-refractivity contribution in [2.75, 3.05) is 39.0 Å². The van der Waals surface area contributed by atoms with Crippen LogP contribution in [0.15, 0.2) is 40.9 Å². The molecule has 0 saturated carbocycles. The number of nitrogen functional groups attached to an aromatic ring is 1. The molecule has 3 heterocycles. The number of ketones is 1. The van der Waals surface area contributed by atoms with Crippen molar-refractivity contribution in [3.8, 4) is 17.2 Å². The minimum Gasteiger partial charge on any atom is -0.493 e. The van der Waals surface area contributed by atoms with Gasteiger partial charge in [-0.3, -0.25) is 4.79 Å². The van der Waals surface area contributed by atoms with E-state index in [9.17, 15) is 9.59 Å². The second-order valence-electron chi connectivity index (χ2n) is 7.66. The Morgan fingerprint density at radius 1 is 1.11 bits per heavy atom. The van der Waals surface area contributed by atoms with Crippen molar-refractivity contribution in [2.24, 2.45) is 0 Å². The van der Waals surface area contributed by atoms with Crippen LogP contribution in [0.25, 0.3) is 0 Å². The molecule has 0 saturated heterocycles. The molecular formula is C25H26N2O6S2. The second-order valence-corrected chi connectivity index (χ2v) is 9.66. The fourth-order valence-electron chi connectivity index (χ4n) is 4.17. The van der Waals surface area contributed by atoms with Gasteiger partial charge in [0.15, 0.2) is 11.5 Å². The van der Waals surface area contributed by atoms with Crippen LogP contribution in [-0.2, 0) is 9.53 Å². The summed E-state index contributed by atoms with van der Waals surface area (Å²) in [5.41, 5.74) is 9.14. The summed E-state index contributed by atoms with van der Waals surface area (Å²) in [4.78, 5) is 27.9.